The Labute approximate surface area is 125 Å². The molecule has 1 aromatic carbocycles. The van der Waals surface area contributed by atoms with Crippen molar-refractivity contribution in [3.05, 3.63) is 41.5 Å². The van der Waals surface area contributed by atoms with Crippen LogP contribution < -0.4 is 0 Å². The third kappa shape index (κ3) is 4.68. The molecule has 0 aromatic heterocycles. The highest BCUT2D eigenvalue weighted by Crippen LogP contribution is 2.26. The van der Waals surface area contributed by atoms with E-state index in [0.29, 0.717) is 6.42 Å². The Bertz CT molecular complexity index is 476. The van der Waals surface area contributed by atoms with Gasteiger partial charge in [0.25, 0.3) is 0 Å². The molecule has 3 heteroatoms. The number of carboxylic acid groups (broad SMARTS) is 1. The Morgan fingerprint density at radius 3 is 2.65 bits per heavy atom. The number of rotatable bonds is 5. The van der Waals surface area contributed by atoms with E-state index < -0.39 is 5.97 Å². The minimum atomic E-state index is -0.842. The van der Waals surface area contributed by atoms with Gasteiger partial charge in [-0.1, -0.05) is 36.8 Å². The van der Waals surface area contributed by atoms with Gasteiger partial charge < -0.3 is 5.11 Å². The molecular weight excluding hydrogens is 272 g/mol. The number of carbonyl (C=O) groups is 1. The van der Waals surface area contributed by atoms with Crippen molar-refractivity contribution in [2.24, 2.45) is 0 Å². The number of carboxylic acids is 1. The van der Waals surface area contributed by atoms with Crippen LogP contribution in [0.2, 0.25) is 0 Å². The van der Waals surface area contributed by atoms with E-state index in [1.807, 2.05) is 0 Å². The van der Waals surface area contributed by atoms with E-state index in [0.717, 1.165) is 12.0 Å². The van der Waals surface area contributed by atoms with Crippen molar-refractivity contribution in [2.45, 2.75) is 50.3 Å². The topological polar surface area (TPSA) is 37.3 Å². The maximum Gasteiger partial charge on any atom is 0.304 e. The molecule has 2 nitrogen and oxygen atoms in total. The Kier molecular flexibility index (Phi) is 5.66. The van der Waals surface area contributed by atoms with Crippen LogP contribution >= 0.6 is 11.6 Å². The first kappa shape index (κ1) is 15.1. The number of alkyl halides is 1. The molecule has 0 saturated carbocycles. The third-order valence-electron chi connectivity index (χ3n) is 3.72. The van der Waals surface area contributed by atoms with Crippen LogP contribution in [0.4, 0.5) is 0 Å². The minimum absolute atomic E-state index is 0.00839. The van der Waals surface area contributed by atoms with E-state index in [4.69, 9.17) is 16.7 Å². The lowest BCUT2D eigenvalue weighted by atomic mass is 9.98. The molecule has 1 aliphatic carbocycles. The number of benzene rings is 1. The fraction of sp³-hybridized carbons (Fsp3) is 0.471. The summed E-state index contributed by atoms with van der Waals surface area (Å²) >= 11 is 6.03. The van der Waals surface area contributed by atoms with E-state index in [9.17, 15) is 4.79 Å². The Hall–Kier alpha value is -1.28. The fourth-order valence-corrected chi connectivity index (χ4v) is 2.96. The molecule has 1 atom stereocenters. The molecule has 0 heterocycles. The molecule has 108 valence electrons. The summed E-state index contributed by atoms with van der Waals surface area (Å²) in [6.45, 7) is 0. The second kappa shape index (κ2) is 7.49. The number of hydrogen-bond donors (Lipinski definition) is 1. The first-order chi connectivity index (χ1) is 9.65. The summed E-state index contributed by atoms with van der Waals surface area (Å²) in [4.78, 5) is 10.6. The van der Waals surface area contributed by atoms with Crippen molar-refractivity contribution in [2.75, 3.05) is 0 Å². The van der Waals surface area contributed by atoms with E-state index in [1.165, 1.54) is 36.8 Å². The maximum atomic E-state index is 10.6. The zero-order chi connectivity index (χ0) is 14.4. The minimum Gasteiger partial charge on any atom is -0.481 e. The van der Waals surface area contributed by atoms with Crippen LogP contribution in [0.1, 0.15) is 49.7 Å². The molecule has 1 aromatic rings. The zero-order valence-electron chi connectivity index (χ0n) is 11.6. The molecule has 0 amide bonds. The molecular formula is C17H21ClO2. The summed E-state index contributed by atoms with van der Waals surface area (Å²) in [5.41, 5.74) is 3.84. The van der Waals surface area contributed by atoms with Gasteiger partial charge in [0, 0.05) is 5.38 Å². The number of aliphatic carboxylic acids is 1. The smallest absolute Gasteiger partial charge is 0.304 e. The highest BCUT2D eigenvalue weighted by molar-refractivity contribution is 6.21. The molecule has 1 aliphatic rings. The van der Waals surface area contributed by atoms with Crippen molar-refractivity contribution >= 4 is 23.1 Å². The van der Waals surface area contributed by atoms with Crippen LogP contribution in [0.25, 0.3) is 5.57 Å². The standard InChI is InChI=1S/C17H21ClO2/c18-16(12-17(19)20)11-13-7-9-15(10-8-13)14-5-3-1-2-4-6-14/h5,7-10,16H,1-4,6,11-12H2,(H,19,20). The van der Waals surface area contributed by atoms with Crippen LogP contribution in [-0.4, -0.2) is 16.5 Å². The average molecular weight is 293 g/mol. The van der Waals surface area contributed by atoms with Gasteiger partial charge in [0.15, 0.2) is 0 Å². The highest BCUT2D eigenvalue weighted by Gasteiger charge is 2.11. The van der Waals surface area contributed by atoms with E-state index in [-0.39, 0.29) is 11.8 Å². The number of hydrogen-bond acceptors (Lipinski definition) is 1. The summed E-state index contributed by atoms with van der Waals surface area (Å²) < 4.78 is 0. The van der Waals surface area contributed by atoms with Crippen LogP contribution in [0.5, 0.6) is 0 Å². The normalized spacial score (nSPS) is 17.1. The third-order valence-corrected chi connectivity index (χ3v) is 4.03. The predicted molar refractivity (Wildman–Crippen MR) is 83.1 cm³/mol. The van der Waals surface area contributed by atoms with Crippen LogP contribution in [0.3, 0.4) is 0 Å². The van der Waals surface area contributed by atoms with Crippen molar-refractivity contribution in [1.82, 2.24) is 0 Å². The second-order valence-corrected chi connectivity index (χ2v) is 6.04. The SMILES string of the molecule is O=C(O)CC(Cl)Cc1ccc(C2=CCCCCC2)cc1. The molecule has 0 aliphatic heterocycles. The van der Waals surface area contributed by atoms with Gasteiger partial charge in [-0.2, -0.15) is 0 Å². The predicted octanol–water partition coefficient (Wildman–Crippen LogP) is 4.66. The van der Waals surface area contributed by atoms with Crippen molar-refractivity contribution < 1.29 is 9.90 Å². The van der Waals surface area contributed by atoms with Crippen LogP contribution in [0, 0.1) is 0 Å². The van der Waals surface area contributed by atoms with Gasteiger partial charge in [0.05, 0.1) is 6.42 Å². The van der Waals surface area contributed by atoms with Crippen molar-refractivity contribution in [3.63, 3.8) is 0 Å². The Morgan fingerprint density at radius 2 is 1.95 bits per heavy atom. The molecule has 20 heavy (non-hydrogen) atoms. The molecule has 0 radical (unpaired) electrons. The van der Waals surface area contributed by atoms with Gasteiger partial charge in [-0.25, -0.2) is 0 Å². The molecule has 0 saturated heterocycles. The van der Waals surface area contributed by atoms with Crippen LogP contribution in [0.15, 0.2) is 30.3 Å². The van der Waals surface area contributed by atoms with Gasteiger partial charge in [0.2, 0.25) is 0 Å². The van der Waals surface area contributed by atoms with E-state index in [1.54, 1.807) is 0 Å². The Balaban J connectivity index is 1.98. The summed E-state index contributed by atoms with van der Waals surface area (Å²) in [6, 6.07) is 8.41. The largest absolute Gasteiger partial charge is 0.481 e. The summed E-state index contributed by atoms with van der Waals surface area (Å²) in [5, 5.41) is 8.37. The first-order valence-electron chi connectivity index (χ1n) is 7.29. The van der Waals surface area contributed by atoms with Gasteiger partial charge in [-0.3, -0.25) is 4.79 Å². The van der Waals surface area contributed by atoms with E-state index in [2.05, 4.69) is 30.3 Å². The molecule has 0 spiro atoms. The molecule has 1 unspecified atom stereocenters. The van der Waals surface area contributed by atoms with Crippen LogP contribution in [-0.2, 0) is 11.2 Å². The number of halogens is 1. The highest BCUT2D eigenvalue weighted by atomic mass is 35.5. The van der Waals surface area contributed by atoms with Crippen molar-refractivity contribution in [3.8, 4) is 0 Å². The summed E-state index contributed by atoms with van der Waals surface area (Å²) in [7, 11) is 0. The first-order valence-corrected chi connectivity index (χ1v) is 7.73. The summed E-state index contributed by atoms with van der Waals surface area (Å²) in [6.07, 6.45) is 9.20. The monoisotopic (exact) mass is 292 g/mol. The van der Waals surface area contributed by atoms with Gasteiger partial charge in [-0.15, -0.1) is 11.6 Å². The quantitative estimate of drug-likeness (QED) is 0.802. The van der Waals surface area contributed by atoms with Gasteiger partial charge in [0.1, 0.15) is 0 Å². The molecule has 0 bridgehead atoms. The molecule has 0 fully saturated rings. The Morgan fingerprint density at radius 1 is 1.20 bits per heavy atom. The lowest BCUT2D eigenvalue weighted by molar-refractivity contribution is -0.137. The van der Waals surface area contributed by atoms with Crippen molar-refractivity contribution in [1.29, 1.82) is 0 Å². The fourth-order valence-electron chi connectivity index (χ4n) is 2.65. The molecule has 1 N–H and O–H groups in total. The lowest BCUT2D eigenvalue weighted by Crippen LogP contribution is -2.09. The zero-order valence-corrected chi connectivity index (χ0v) is 12.4. The second-order valence-electron chi connectivity index (χ2n) is 5.42. The lowest BCUT2D eigenvalue weighted by Gasteiger charge is -2.09. The van der Waals surface area contributed by atoms with Gasteiger partial charge >= 0.3 is 5.97 Å². The molecule has 2 rings (SSSR count). The number of allylic oxidation sites excluding steroid dienone is 2. The summed E-state index contributed by atoms with van der Waals surface area (Å²) in [5.74, 6) is -0.842. The van der Waals surface area contributed by atoms with Gasteiger partial charge in [-0.05, 0) is 48.8 Å². The van der Waals surface area contributed by atoms with E-state index >= 15 is 0 Å². The average Bonchev–Trinajstić information content (AvgIpc) is 2.67. The maximum absolute atomic E-state index is 10.6.